The zero-order valence-electron chi connectivity index (χ0n) is 11.8. The summed E-state index contributed by atoms with van der Waals surface area (Å²) in [5.41, 5.74) is 1.71. The summed E-state index contributed by atoms with van der Waals surface area (Å²) in [6.45, 7) is 1.65. The Morgan fingerprint density at radius 1 is 1.09 bits per heavy atom. The number of H-pyrrole nitrogens is 1. The summed E-state index contributed by atoms with van der Waals surface area (Å²) < 4.78 is 27.3. The van der Waals surface area contributed by atoms with Crippen molar-refractivity contribution in [1.82, 2.24) is 9.97 Å². The number of aromatic nitrogens is 2. The van der Waals surface area contributed by atoms with Crippen molar-refractivity contribution in [3.63, 3.8) is 0 Å². The summed E-state index contributed by atoms with van der Waals surface area (Å²) in [7, 11) is 0. The summed E-state index contributed by atoms with van der Waals surface area (Å²) in [6, 6.07) is 10.8. The van der Waals surface area contributed by atoms with Crippen LogP contribution in [0.5, 0.6) is 0 Å². The Morgan fingerprint density at radius 2 is 1.86 bits per heavy atom. The normalized spacial score (nSPS) is 12.4. The van der Waals surface area contributed by atoms with E-state index in [1.165, 1.54) is 18.3 Å². The molecule has 0 radical (unpaired) electrons. The molecule has 2 N–H and O–H groups in total. The van der Waals surface area contributed by atoms with Gasteiger partial charge in [-0.2, -0.15) is 0 Å². The van der Waals surface area contributed by atoms with E-state index in [2.05, 4.69) is 9.97 Å². The van der Waals surface area contributed by atoms with E-state index in [-0.39, 0.29) is 11.6 Å². The van der Waals surface area contributed by atoms with Crippen LogP contribution in [0, 0.1) is 18.6 Å². The van der Waals surface area contributed by atoms with Gasteiger partial charge in [-0.05, 0) is 36.2 Å². The van der Waals surface area contributed by atoms with Crippen LogP contribution in [-0.2, 0) is 0 Å². The molecule has 0 fully saturated rings. The van der Waals surface area contributed by atoms with Gasteiger partial charge in [0, 0.05) is 5.56 Å². The summed E-state index contributed by atoms with van der Waals surface area (Å²) in [6.07, 6.45) is 0.345. The van der Waals surface area contributed by atoms with Gasteiger partial charge in [0.15, 0.2) is 0 Å². The average Bonchev–Trinajstić information content (AvgIpc) is 2.99. The van der Waals surface area contributed by atoms with Gasteiger partial charge in [0.1, 0.15) is 23.6 Å². The Morgan fingerprint density at radius 3 is 2.59 bits per heavy atom. The fourth-order valence-electron chi connectivity index (χ4n) is 2.23. The zero-order valence-corrected chi connectivity index (χ0v) is 11.8. The molecule has 0 aliphatic heterocycles. The number of nitrogens with one attached hydrogen (secondary N) is 1. The minimum absolute atomic E-state index is 0.238. The monoisotopic (exact) mass is 300 g/mol. The molecule has 0 amide bonds. The molecule has 112 valence electrons. The molecule has 1 unspecified atom stereocenters. The van der Waals surface area contributed by atoms with Gasteiger partial charge in [-0.1, -0.05) is 24.3 Å². The minimum Gasteiger partial charge on any atom is -0.380 e. The third-order valence-electron chi connectivity index (χ3n) is 3.53. The molecule has 0 aliphatic rings. The van der Waals surface area contributed by atoms with Crippen molar-refractivity contribution >= 4 is 0 Å². The molecular formula is C17H14F2N2O. The van der Waals surface area contributed by atoms with Crippen LogP contribution in [0.4, 0.5) is 8.78 Å². The Labute approximate surface area is 126 Å². The highest BCUT2D eigenvalue weighted by Gasteiger charge is 2.16. The Bertz CT molecular complexity index is 814. The topological polar surface area (TPSA) is 48.9 Å². The van der Waals surface area contributed by atoms with Crippen LogP contribution in [0.1, 0.15) is 23.1 Å². The second-order valence-electron chi connectivity index (χ2n) is 5.07. The van der Waals surface area contributed by atoms with Crippen LogP contribution >= 0.6 is 0 Å². The van der Waals surface area contributed by atoms with Crippen molar-refractivity contribution in [2.45, 2.75) is 13.0 Å². The maximum Gasteiger partial charge on any atom is 0.140 e. The van der Waals surface area contributed by atoms with Crippen molar-refractivity contribution in [2.75, 3.05) is 0 Å². The number of imidazole rings is 1. The van der Waals surface area contributed by atoms with Gasteiger partial charge in [0.25, 0.3) is 0 Å². The lowest BCUT2D eigenvalue weighted by atomic mass is 10.1. The number of aromatic amines is 1. The van der Waals surface area contributed by atoms with E-state index in [1.54, 1.807) is 37.3 Å². The lowest BCUT2D eigenvalue weighted by Gasteiger charge is -2.09. The lowest BCUT2D eigenvalue weighted by Crippen LogP contribution is -2.03. The Balaban J connectivity index is 1.93. The van der Waals surface area contributed by atoms with Crippen LogP contribution in [0.3, 0.4) is 0 Å². The lowest BCUT2D eigenvalue weighted by molar-refractivity contribution is 0.210. The van der Waals surface area contributed by atoms with E-state index in [9.17, 15) is 13.9 Å². The smallest absolute Gasteiger partial charge is 0.140 e. The maximum atomic E-state index is 13.7. The summed E-state index contributed by atoms with van der Waals surface area (Å²) >= 11 is 0. The fraction of sp³-hybridized carbons (Fsp3) is 0.118. The van der Waals surface area contributed by atoms with Gasteiger partial charge in [-0.25, -0.2) is 13.8 Å². The largest absolute Gasteiger partial charge is 0.380 e. The van der Waals surface area contributed by atoms with Crippen molar-refractivity contribution in [1.29, 1.82) is 0 Å². The molecule has 0 saturated carbocycles. The molecular weight excluding hydrogens is 286 g/mol. The van der Waals surface area contributed by atoms with E-state index < -0.39 is 11.9 Å². The molecule has 3 aromatic rings. The summed E-state index contributed by atoms with van der Waals surface area (Å²) in [4.78, 5) is 6.95. The third kappa shape index (κ3) is 2.63. The number of hydrogen-bond acceptors (Lipinski definition) is 2. The van der Waals surface area contributed by atoms with Crippen molar-refractivity contribution in [2.24, 2.45) is 0 Å². The number of rotatable bonds is 3. The molecule has 0 bridgehead atoms. The van der Waals surface area contributed by atoms with E-state index in [0.29, 0.717) is 22.4 Å². The van der Waals surface area contributed by atoms with E-state index >= 15 is 0 Å². The minimum atomic E-state index is -1.10. The maximum absolute atomic E-state index is 13.7. The van der Waals surface area contributed by atoms with Gasteiger partial charge in [0.2, 0.25) is 0 Å². The highest BCUT2D eigenvalue weighted by molar-refractivity contribution is 5.59. The average molecular weight is 300 g/mol. The molecule has 0 aliphatic carbocycles. The number of nitrogens with zero attached hydrogens (tertiary/aromatic N) is 1. The van der Waals surface area contributed by atoms with Gasteiger partial charge in [-0.3, -0.25) is 0 Å². The van der Waals surface area contributed by atoms with Gasteiger partial charge in [0.05, 0.1) is 11.9 Å². The number of benzene rings is 2. The fourth-order valence-corrected chi connectivity index (χ4v) is 2.23. The number of aliphatic hydroxyl groups excluding tert-OH is 1. The molecule has 22 heavy (non-hydrogen) atoms. The molecule has 5 heteroatoms. The molecule has 0 spiro atoms. The first kappa shape index (κ1) is 14.4. The number of aliphatic hydroxyl groups is 1. The molecule has 1 aromatic heterocycles. The molecule has 3 rings (SSSR count). The third-order valence-corrected chi connectivity index (χ3v) is 3.53. The SMILES string of the molecule is Cc1ccc(C(O)c2ncc(-c3ccccc3F)[nH]2)cc1F. The first-order valence-corrected chi connectivity index (χ1v) is 6.80. The Kier molecular flexibility index (Phi) is 3.73. The van der Waals surface area contributed by atoms with Gasteiger partial charge >= 0.3 is 0 Å². The number of halogens is 2. The van der Waals surface area contributed by atoms with Gasteiger partial charge < -0.3 is 10.1 Å². The number of hydrogen-bond donors (Lipinski definition) is 2. The van der Waals surface area contributed by atoms with Crippen LogP contribution < -0.4 is 0 Å². The second kappa shape index (κ2) is 5.69. The molecule has 1 heterocycles. The van der Waals surface area contributed by atoms with Crippen LogP contribution in [0.25, 0.3) is 11.3 Å². The van der Waals surface area contributed by atoms with E-state index in [0.717, 1.165) is 0 Å². The van der Waals surface area contributed by atoms with Crippen molar-refractivity contribution < 1.29 is 13.9 Å². The molecule has 2 aromatic carbocycles. The first-order chi connectivity index (χ1) is 10.6. The molecule has 3 nitrogen and oxygen atoms in total. The van der Waals surface area contributed by atoms with Crippen molar-refractivity contribution in [3.05, 3.63) is 77.2 Å². The van der Waals surface area contributed by atoms with Crippen LogP contribution in [0.15, 0.2) is 48.7 Å². The number of aryl methyl sites for hydroxylation is 1. The standard InChI is InChI=1S/C17H14F2N2O/c1-10-6-7-11(8-14(10)19)16(22)17-20-9-15(21-17)12-4-2-3-5-13(12)18/h2-9,16,22H,1H3,(H,20,21). The van der Waals surface area contributed by atoms with Gasteiger partial charge in [-0.15, -0.1) is 0 Å². The molecule has 0 saturated heterocycles. The van der Waals surface area contributed by atoms with E-state index in [1.807, 2.05) is 0 Å². The predicted octanol–water partition coefficient (Wildman–Crippen LogP) is 3.75. The van der Waals surface area contributed by atoms with E-state index in [4.69, 9.17) is 0 Å². The highest BCUT2D eigenvalue weighted by Crippen LogP contribution is 2.25. The quantitative estimate of drug-likeness (QED) is 0.774. The van der Waals surface area contributed by atoms with Crippen LogP contribution in [0.2, 0.25) is 0 Å². The second-order valence-corrected chi connectivity index (χ2v) is 5.07. The first-order valence-electron chi connectivity index (χ1n) is 6.80. The molecule has 1 atom stereocenters. The van der Waals surface area contributed by atoms with Crippen LogP contribution in [-0.4, -0.2) is 15.1 Å². The summed E-state index contributed by atoms with van der Waals surface area (Å²) in [5, 5.41) is 10.3. The predicted molar refractivity (Wildman–Crippen MR) is 79.2 cm³/mol. The highest BCUT2D eigenvalue weighted by atomic mass is 19.1. The van der Waals surface area contributed by atoms with Crippen molar-refractivity contribution in [3.8, 4) is 11.3 Å². The Hall–Kier alpha value is -2.53. The summed E-state index contributed by atoms with van der Waals surface area (Å²) in [5.74, 6) is -0.535. The zero-order chi connectivity index (χ0) is 15.7.